The average molecular weight is 572 g/mol. The van der Waals surface area contributed by atoms with Crippen molar-refractivity contribution < 1.29 is 14.4 Å². The normalized spacial score (nSPS) is 17.2. The molecule has 0 heterocycles. The summed E-state index contributed by atoms with van der Waals surface area (Å²) in [5.41, 5.74) is 8.14. The van der Waals surface area contributed by atoms with Crippen LogP contribution in [0.25, 0.3) is 0 Å². The molecule has 6 heteroatoms. The van der Waals surface area contributed by atoms with Gasteiger partial charge in [0.25, 0.3) is 5.91 Å². The zero-order chi connectivity index (χ0) is 30.6. The molecule has 1 unspecified atom stereocenters. The molecule has 2 aliphatic rings. The van der Waals surface area contributed by atoms with Gasteiger partial charge in [-0.3, -0.25) is 14.4 Å². The van der Waals surface area contributed by atoms with Crippen molar-refractivity contribution in [3.05, 3.63) is 93.3 Å². The van der Waals surface area contributed by atoms with Crippen LogP contribution in [0.5, 0.6) is 0 Å². The topological polar surface area (TPSA) is 78.5 Å². The monoisotopic (exact) mass is 571 g/mol. The van der Waals surface area contributed by atoms with Crippen LogP contribution in [0, 0.1) is 5.92 Å². The number of nitrogens with one attached hydrogen (secondary N) is 2. The number of carbonyl (C=O) groups is 3. The summed E-state index contributed by atoms with van der Waals surface area (Å²) in [7, 11) is 5.22. The Morgan fingerprint density at radius 1 is 0.976 bits per heavy atom. The average Bonchev–Trinajstić information content (AvgIpc) is 3.01. The maximum absolute atomic E-state index is 13.8. The second-order valence-electron chi connectivity index (χ2n) is 11.5. The van der Waals surface area contributed by atoms with Crippen LogP contribution in [0.2, 0.25) is 0 Å². The highest BCUT2D eigenvalue weighted by molar-refractivity contribution is 6.01. The number of rotatable bonds is 14. The van der Waals surface area contributed by atoms with E-state index in [1.54, 1.807) is 26.0 Å². The van der Waals surface area contributed by atoms with Gasteiger partial charge < -0.3 is 15.5 Å². The van der Waals surface area contributed by atoms with Gasteiger partial charge in [-0.25, -0.2) is 0 Å². The van der Waals surface area contributed by atoms with Crippen LogP contribution in [0.3, 0.4) is 0 Å². The first-order chi connectivity index (χ1) is 20.2. The van der Waals surface area contributed by atoms with Gasteiger partial charge in [-0.1, -0.05) is 60.9 Å². The smallest absolute Gasteiger partial charge is 0.251 e. The lowest BCUT2D eigenvalue weighted by atomic mass is 9.79. The number of hydrogen-bond acceptors (Lipinski definition) is 4. The molecule has 2 aliphatic carbocycles. The minimum Gasteiger partial charge on any atom is -0.385 e. The third kappa shape index (κ3) is 8.67. The van der Waals surface area contributed by atoms with Crippen molar-refractivity contribution in [2.75, 3.05) is 27.7 Å². The lowest BCUT2D eigenvalue weighted by Crippen LogP contribution is -2.25. The van der Waals surface area contributed by atoms with Crippen molar-refractivity contribution in [3.8, 4) is 0 Å². The van der Waals surface area contributed by atoms with Gasteiger partial charge in [-0.2, -0.15) is 0 Å². The molecule has 0 spiro atoms. The molecule has 1 aromatic rings. The number of aryl methyl sites for hydroxylation is 1. The van der Waals surface area contributed by atoms with Crippen LogP contribution in [-0.4, -0.2) is 50.2 Å². The van der Waals surface area contributed by atoms with Crippen molar-refractivity contribution >= 4 is 17.6 Å². The van der Waals surface area contributed by atoms with E-state index in [2.05, 4.69) is 49.6 Å². The molecule has 0 saturated carbocycles. The van der Waals surface area contributed by atoms with Crippen LogP contribution in [-0.2, 0) is 16.0 Å². The SMILES string of the molecule is CCNC1=CCC(C2=CC=C(C(=O)N(C)C)CC2)C=C1C(C(=O)CCCCCc1ccc(C(=O)NC)cc1)=C(C)CC. The maximum atomic E-state index is 13.8. The Labute approximate surface area is 252 Å². The number of carbonyl (C=O) groups excluding carboxylic acids is 3. The summed E-state index contributed by atoms with van der Waals surface area (Å²) < 4.78 is 0. The van der Waals surface area contributed by atoms with Crippen molar-refractivity contribution in [1.82, 2.24) is 15.5 Å². The second-order valence-corrected chi connectivity index (χ2v) is 11.5. The molecule has 0 saturated heterocycles. The van der Waals surface area contributed by atoms with E-state index in [9.17, 15) is 14.4 Å². The molecule has 0 aromatic heterocycles. The standard InChI is InChI=1S/C36H49N3O3/c1-7-25(3)34(33(40)13-11-9-10-12-26-14-16-28(17-15-26)35(41)37-4)31-24-30(22-23-32(31)38-8-2)27-18-20-29(21-19-27)36(42)39(5)6/h14-18,20,23-24,30,38H,7-13,19,21-22H2,1-6H3,(H,37,41). The van der Waals surface area contributed by atoms with E-state index in [0.29, 0.717) is 12.0 Å². The molecule has 6 nitrogen and oxygen atoms in total. The van der Waals surface area contributed by atoms with Gasteiger partial charge in [0.2, 0.25) is 5.91 Å². The van der Waals surface area contributed by atoms with E-state index < -0.39 is 0 Å². The Balaban J connectivity index is 1.69. The summed E-state index contributed by atoms with van der Waals surface area (Å²) >= 11 is 0. The number of hydrogen-bond donors (Lipinski definition) is 2. The third-order valence-corrected chi connectivity index (χ3v) is 8.26. The van der Waals surface area contributed by atoms with Crippen molar-refractivity contribution in [3.63, 3.8) is 0 Å². The first kappa shape index (κ1) is 32.8. The Kier molecular flexibility index (Phi) is 12.6. The molecule has 0 fully saturated rings. The summed E-state index contributed by atoms with van der Waals surface area (Å²) in [6, 6.07) is 7.76. The predicted molar refractivity (Wildman–Crippen MR) is 172 cm³/mol. The van der Waals surface area contributed by atoms with Gasteiger partial charge in [0.15, 0.2) is 5.78 Å². The molecule has 1 aromatic carbocycles. The Morgan fingerprint density at radius 2 is 1.71 bits per heavy atom. The minimum absolute atomic E-state index is 0.0734. The van der Waals surface area contributed by atoms with Gasteiger partial charge in [0.1, 0.15) is 0 Å². The number of amides is 2. The van der Waals surface area contributed by atoms with Crippen LogP contribution in [0.4, 0.5) is 0 Å². The first-order valence-electron chi connectivity index (χ1n) is 15.5. The molecule has 1 atom stereocenters. The second kappa shape index (κ2) is 16.1. The molecular weight excluding hydrogens is 522 g/mol. The van der Waals surface area contributed by atoms with E-state index >= 15 is 0 Å². The van der Waals surface area contributed by atoms with E-state index in [-0.39, 0.29) is 23.5 Å². The molecular formula is C36H49N3O3. The Hall–Kier alpha value is -3.67. The van der Waals surface area contributed by atoms with Crippen LogP contribution < -0.4 is 10.6 Å². The Bertz CT molecular complexity index is 1290. The number of benzene rings is 1. The summed E-state index contributed by atoms with van der Waals surface area (Å²) in [4.78, 5) is 39.6. The third-order valence-electron chi connectivity index (χ3n) is 8.26. The summed E-state index contributed by atoms with van der Waals surface area (Å²) in [5.74, 6) is 0.442. The van der Waals surface area contributed by atoms with Crippen molar-refractivity contribution in [2.45, 2.75) is 78.6 Å². The maximum Gasteiger partial charge on any atom is 0.251 e. The minimum atomic E-state index is -0.0734. The summed E-state index contributed by atoms with van der Waals surface area (Å²) in [6.07, 6.45) is 16.3. The molecule has 226 valence electrons. The number of unbranched alkanes of at least 4 members (excludes halogenated alkanes) is 2. The highest BCUT2D eigenvalue weighted by atomic mass is 16.2. The van der Waals surface area contributed by atoms with Crippen molar-refractivity contribution in [2.24, 2.45) is 5.92 Å². The zero-order valence-electron chi connectivity index (χ0n) is 26.4. The van der Waals surface area contributed by atoms with E-state index in [1.807, 2.05) is 30.3 Å². The number of ketones is 1. The fourth-order valence-electron chi connectivity index (χ4n) is 5.65. The molecule has 2 N–H and O–H groups in total. The number of Topliss-reactive ketones (excluding diaryl/α,β-unsaturated/α-hetero) is 1. The van der Waals surface area contributed by atoms with Gasteiger partial charge >= 0.3 is 0 Å². The quantitative estimate of drug-likeness (QED) is 0.194. The van der Waals surface area contributed by atoms with Gasteiger partial charge in [-0.05, 0) is 76.5 Å². The molecule has 0 radical (unpaired) electrons. The van der Waals surface area contributed by atoms with Crippen molar-refractivity contribution in [1.29, 1.82) is 0 Å². The highest BCUT2D eigenvalue weighted by Crippen LogP contribution is 2.36. The van der Waals surface area contributed by atoms with Gasteiger partial charge in [0.05, 0.1) is 0 Å². The lowest BCUT2D eigenvalue weighted by Gasteiger charge is -2.28. The van der Waals surface area contributed by atoms with Crippen LogP contribution >= 0.6 is 0 Å². The van der Waals surface area contributed by atoms with Crippen LogP contribution in [0.15, 0.2) is 82.1 Å². The largest absolute Gasteiger partial charge is 0.385 e. The molecule has 42 heavy (non-hydrogen) atoms. The van der Waals surface area contributed by atoms with E-state index in [0.717, 1.165) is 85.9 Å². The fourth-order valence-corrected chi connectivity index (χ4v) is 5.65. The molecule has 3 rings (SSSR count). The summed E-state index contributed by atoms with van der Waals surface area (Å²) in [6.45, 7) is 7.09. The van der Waals surface area contributed by atoms with Gasteiger partial charge in [0, 0.05) is 68.0 Å². The summed E-state index contributed by atoms with van der Waals surface area (Å²) in [5, 5.41) is 6.17. The number of likely N-dealkylation sites (N-methyl/N-ethyl adjacent to an activating group) is 2. The highest BCUT2D eigenvalue weighted by Gasteiger charge is 2.26. The van der Waals surface area contributed by atoms with Crippen LogP contribution in [0.1, 0.15) is 88.1 Å². The zero-order valence-corrected chi connectivity index (χ0v) is 26.4. The van der Waals surface area contributed by atoms with E-state index in [1.165, 1.54) is 11.1 Å². The lowest BCUT2D eigenvalue weighted by molar-refractivity contribution is -0.124. The predicted octanol–water partition coefficient (Wildman–Crippen LogP) is 6.62. The fraction of sp³-hybridized carbons (Fsp3) is 0.472. The van der Waals surface area contributed by atoms with Gasteiger partial charge in [-0.15, -0.1) is 0 Å². The Morgan fingerprint density at radius 3 is 2.31 bits per heavy atom. The molecule has 2 amide bonds. The van der Waals surface area contributed by atoms with E-state index in [4.69, 9.17) is 0 Å². The number of allylic oxidation sites excluding steroid dienone is 7. The molecule has 0 bridgehead atoms. The number of nitrogens with zero attached hydrogens (tertiary/aromatic N) is 1. The first-order valence-corrected chi connectivity index (χ1v) is 15.5. The molecule has 0 aliphatic heterocycles.